The fraction of sp³-hybridized carbons (Fsp3) is 0.600. The van der Waals surface area contributed by atoms with Crippen LogP contribution in [0.4, 0.5) is 0 Å². The van der Waals surface area contributed by atoms with Gasteiger partial charge in [0.05, 0.1) is 0 Å². The number of benzene rings is 1. The molecule has 0 radical (unpaired) electrons. The van der Waals surface area contributed by atoms with Crippen LogP contribution < -0.4 is 0 Å². The Balaban J connectivity index is 3.41. The third kappa shape index (κ3) is 2.72. The Morgan fingerprint density at radius 1 is 0.944 bits per heavy atom. The first-order chi connectivity index (χ1) is 8.04. The van der Waals surface area contributed by atoms with Gasteiger partial charge in [0.15, 0.2) is 0 Å². The molecule has 0 saturated heterocycles. The van der Waals surface area contributed by atoms with Crippen LogP contribution in [0.25, 0.3) is 0 Å². The molecule has 0 amide bonds. The van der Waals surface area contributed by atoms with Crippen LogP contribution in [-0.4, -0.2) is 13.7 Å². The van der Waals surface area contributed by atoms with E-state index < -0.39 is 9.93 Å². The number of hydrogen-bond donors (Lipinski definition) is 1. The lowest BCUT2D eigenvalue weighted by atomic mass is 10.2. The van der Waals surface area contributed by atoms with Gasteiger partial charge < -0.3 is 0 Å². The van der Waals surface area contributed by atoms with Crippen LogP contribution in [0.1, 0.15) is 47.1 Å². The van der Waals surface area contributed by atoms with Crippen molar-refractivity contribution in [3.63, 3.8) is 0 Å². The van der Waals surface area contributed by atoms with Gasteiger partial charge in [-0.1, -0.05) is 79.5 Å². The summed E-state index contributed by atoms with van der Waals surface area (Å²) in [5.41, 5.74) is 1.22. The number of halogens is 1. The normalized spacial score (nSPS) is 14.6. The molecule has 1 nitrogen and oxygen atoms in total. The van der Waals surface area contributed by atoms with Crippen molar-refractivity contribution >= 4 is 25.9 Å². The Morgan fingerprint density at radius 2 is 1.33 bits per heavy atom. The van der Waals surface area contributed by atoms with Gasteiger partial charge in [0.1, 0.15) is 0 Å². The average Bonchev–Trinajstić information content (AvgIpc) is 2.25. The average molecular weight is 333 g/mol. The van der Waals surface area contributed by atoms with Crippen molar-refractivity contribution in [2.75, 3.05) is 0 Å². The second-order valence-electron chi connectivity index (χ2n) is 6.75. The first kappa shape index (κ1) is 15.9. The molecule has 0 N–H and O–H groups in total. The lowest BCUT2D eigenvalue weighted by molar-refractivity contribution is 0.589. The summed E-state index contributed by atoms with van der Waals surface area (Å²) in [4.78, 5) is 0.993. The molecule has 0 bridgehead atoms. The number of alkyl halides is 1. The van der Waals surface area contributed by atoms with Crippen LogP contribution in [0.15, 0.2) is 29.2 Å². The molecule has 104 valence electrons. The van der Waals surface area contributed by atoms with E-state index in [-0.39, 0.29) is 9.49 Å². The summed E-state index contributed by atoms with van der Waals surface area (Å²) in [6.45, 7) is 12.5. The largest absolute Gasteiger partial charge is 0.279 e. The summed E-state index contributed by atoms with van der Waals surface area (Å²) in [6.07, 6.45) is 0. The van der Waals surface area contributed by atoms with Crippen LogP contribution in [0.2, 0.25) is 0 Å². The Hall–Kier alpha value is -0.150. The van der Waals surface area contributed by atoms with E-state index in [1.165, 1.54) is 5.56 Å². The third-order valence-electron chi connectivity index (χ3n) is 3.34. The SMILES string of the molecule is CC(C)(C)[SH](=O)(c1ccc(CBr)cc1)C(C)(C)C. The van der Waals surface area contributed by atoms with Gasteiger partial charge in [-0.2, -0.15) is 0 Å². The molecule has 0 atom stereocenters. The van der Waals surface area contributed by atoms with Gasteiger partial charge in [-0.25, -0.2) is 0 Å². The number of rotatable bonds is 2. The van der Waals surface area contributed by atoms with E-state index in [2.05, 4.69) is 69.6 Å². The Morgan fingerprint density at radius 3 is 1.61 bits per heavy atom. The molecule has 1 aromatic rings. The molecular formula is C15H25BrOS. The van der Waals surface area contributed by atoms with Gasteiger partial charge in [0, 0.05) is 19.7 Å². The second-order valence-corrected chi connectivity index (χ2v) is 11.7. The first-order valence-corrected chi connectivity index (χ1v) is 9.12. The minimum Gasteiger partial charge on any atom is -0.279 e. The molecule has 0 heterocycles. The van der Waals surface area contributed by atoms with Crippen molar-refractivity contribution in [3.8, 4) is 0 Å². The topological polar surface area (TPSA) is 17.1 Å². The molecule has 0 aliphatic carbocycles. The van der Waals surface area contributed by atoms with Crippen molar-refractivity contribution in [1.82, 2.24) is 0 Å². The van der Waals surface area contributed by atoms with E-state index in [1.54, 1.807) is 0 Å². The molecular weight excluding hydrogens is 308 g/mol. The number of hydrogen-bond acceptors (Lipinski definition) is 1. The van der Waals surface area contributed by atoms with Gasteiger partial charge >= 0.3 is 0 Å². The van der Waals surface area contributed by atoms with Gasteiger partial charge in [0.25, 0.3) is 0 Å². The summed E-state index contributed by atoms with van der Waals surface area (Å²) in [5, 5.41) is 0.836. The molecule has 0 aromatic heterocycles. The second kappa shape index (κ2) is 5.09. The monoisotopic (exact) mass is 332 g/mol. The summed E-state index contributed by atoms with van der Waals surface area (Å²) >= 11 is 3.44. The number of thiol groups is 1. The summed E-state index contributed by atoms with van der Waals surface area (Å²) in [6, 6.07) is 8.20. The van der Waals surface area contributed by atoms with Crippen LogP contribution in [0, 0.1) is 0 Å². The van der Waals surface area contributed by atoms with Crippen molar-refractivity contribution < 1.29 is 4.21 Å². The standard InChI is InChI=1S/C15H25BrOS/c1-14(2,3)18(17,15(4,5)6)13-9-7-12(11-16)8-10-13/h7-10,18H,11H2,1-6H3. The lowest BCUT2D eigenvalue weighted by Gasteiger charge is -2.46. The molecule has 0 spiro atoms. The fourth-order valence-electron chi connectivity index (χ4n) is 2.58. The van der Waals surface area contributed by atoms with Crippen molar-refractivity contribution in [3.05, 3.63) is 29.8 Å². The molecule has 0 aliphatic heterocycles. The minimum absolute atomic E-state index is 0.221. The van der Waals surface area contributed by atoms with Gasteiger partial charge in [-0.05, 0) is 17.7 Å². The highest BCUT2D eigenvalue weighted by Gasteiger charge is 2.41. The molecule has 3 heteroatoms. The van der Waals surface area contributed by atoms with E-state index in [1.807, 2.05) is 12.1 Å². The Labute approximate surface area is 121 Å². The molecule has 1 aromatic carbocycles. The Kier molecular flexibility index (Phi) is 4.49. The molecule has 0 saturated carbocycles. The fourth-order valence-corrected chi connectivity index (χ4v) is 7.08. The molecule has 0 unspecified atom stereocenters. The minimum atomic E-state index is -2.49. The zero-order chi connectivity index (χ0) is 14.2. The van der Waals surface area contributed by atoms with Gasteiger partial charge in [0.2, 0.25) is 0 Å². The van der Waals surface area contributed by atoms with Crippen LogP contribution in [0.3, 0.4) is 0 Å². The van der Waals surface area contributed by atoms with Crippen molar-refractivity contribution in [1.29, 1.82) is 0 Å². The van der Waals surface area contributed by atoms with Crippen molar-refractivity contribution in [2.24, 2.45) is 0 Å². The third-order valence-corrected chi connectivity index (χ3v) is 8.80. The zero-order valence-electron chi connectivity index (χ0n) is 12.2. The predicted octanol–water partition coefficient (Wildman–Crippen LogP) is 4.55. The smallest absolute Gasteiger partial charge is 0.0283 e. The van der Waals surface area contributed by atoms with Gasteiger partial charge in [-0.3, -0.25) is 4.21 Å². The van der Waals surface area contributed by atoms with E-state index in [0.717, 1.165) is 10.2 Å². The van der Waals surface area contributed by atoms with Crippen LogP contribution >= 0.6 is 15.9 Å². The van der Waals surface area contributed by atoms with Gasteiger partial charge in [-0.15, -0.1) is 0 Å². The van der Waals surface area contributed by atoms with E-state index >= 15 is 0 Å². The summed E-state index contributed by atoms with van der Waals surface area (Å²) in [7, 11) is -2.49. The molecule has 1 rings (SSSR count). The summed E-state index contributed by atoms with van der Waals surface area (Å²) < 4.78 is 13.2. The summed E-state index contributed by atoms with van der Waals surface area (Å²) in [5.74, 6) is 0. The quantitative estimate of drug-likeness (QED) is 0.620. The highest BCUT2D eigenvalue weighted by Crippen LogP contribution is 2.42. The van der Waals surface area contributed by atoms with E-state index in [4.69, 9.17) is 0 Å². The van der Waals surface area contributed by atoms with E-state index in [9.17, 15) is 4.21 Å². The maximum Gasteiger partial charge on any atom is 0.0283 e. The Bertz CT molecular complexity index is 431. The maximum atomic E-state index is 13.6. The van der Waals surface area contributed by atoms with Crippen LogP contribution in [0.5, 0.6) is 0 Å². The molecule has 0 aliphatic rings. The first-order valence-electron chi connectivity index (χ1n) is 6.30. The molecule has 18 heavy (non-hydrogen) atoms. The molecule has 0 fully saturated rings. The maximum absolute atomic E-state index is 13.6. The van der Waals surface area contributed by atoms with E-state index in [0.29, 0.717) is 0 Å². The lowest BCUT2D eigenvalue weighted by Crippen LogP contribution is -2.48. The van der Waals surface area contributed by atoms with Crippen molar-refractivity contribution in [2.45, 2.75) is 61.3 Å². The highest BCUT2D eigenvalue weighted by molar-refractivity contribution is 9.08. The van der Waals surface area contributed by atoms with Crippen LogP contribution in [-0.2, 0) is 15.3 Å². The highest BCUT2D eigenvalue weighted by atomic mass is 79.9. The zero-order valence-corrected chi connectivity index (χ0v) is 14.7. The predicted molar refractivity (Wildman–Crippen MR) is 86.4 cm³/mol.